The number of nitrogens with zero attached hydrogens (tertiary/aromatic N) is 2. The second-order valence-corrected chi connectivity index (χ2v) is 8.21. The van der Waals surface area contributed by atoms with Crippen molar-refractivity contribution in [2.45, 2.75) is 25.9 Å². The van der Waals surface area contributed by atoms with Crippen molar-refractivity contribution in [2.75, 3.05) is 18.8 Å². The van der Waals surface area contributed by atoms with Gasteiger partial charge in [0.05, 0.1) is 23.4 Å². The van der Waals surface area contributed by atoms with Gasteiger partial charge in [0.1, 0.15) is 0 Å². The number of sulfonamides is 1. The molecule has 26 heavy (non-hydrogen) atoms. The molecular weight excluding hydrogens is 371 g/mol. The summed E-state index contributed by atoms with van der Waals surface area (Å²) in [5.74, 6) is -1.03. The molecule has 1 aromatic carbocycles. The Hall–Kier alpha value is -1.94. The van der Waals surface area contributed by atoms with Gasteiger partial charge < -0.3 is 0 Å². The van der Waals surface area contributed by atoms with Crippen LogP contribution in [-0.2, 0) is 21.0 Å². The monoisotopic (exact) mass is 391 g/mol. The third-order valence-electron chi connectivity index (χ3n) is 4.12. The van der Waals surface area contributed by atoms with E-state index < -0.39 is 33.6 Å². The summed E-state index contributed by atoms with van der Waals surface area (Å²) in [6.45, 7) is 2.01. The minimum Gasteiger partial charge on any atom is -0.273 e. The Balaban J connectivity index is 1.97. The lowest BCUT2D eigenvalue weighted by Crippen LogP contribution is -2.45. The molecule has 0 radical (unpaired) electrons. The lowest BCUT2D eigenvalue weighted by atomic mass is 9.99. The van der Waals surface area contributed by atoms with Crippen LogP contribution in [0, 0.1) is 5.92 Å². The van der Waals surface area contributed by atoms with Crippen LogP contribution in [0.25, 0.3) is 0 Å². The molecular formula is C16H20F3N3O3S. The van der Waals surface area contributed by atoms with Crippen LogP contribution in [0.4, 0.5) is 13.2 Å². The molecule has 1 N–H and O–H groups in total. The number of halogens is 3. The van der Waals surface area contributed by atoms with Crippen LogP contribution >= 0.6 is 0 Å². The minimum absolute atomic E-state index is 0.0327. The van der Waals surface area contributed by atoms with E-state index in [0.29, 0.717) is 19.4 Å². The Bertz CT molecular complexity index is 778. The van der Waals surface area contributed by atoms with E-state index >= 15 is 0 Å². The number of hydrogen-bond acceptors (Lipinski definition) is 4. The van der Waals surface area contributed by atoms with Gasteiger partial charge in [-0.3, -0.25) is 4.79 Å². The first kappa shape index (κ1) is 20.4. The molecule has 1 amide bonds. The molecule has 1 heterocycles. The number of hydrazone groups is 1. The van der Waals surface area contributed by atoms with Gasteiger partial charge in [-0.25, -0.2) is 18.1 Å². The SMILES string of the molecule is CCS(=O)(=O)N1CCCC(C(=O)N/N=C/c2cccc(C(F)(F)F)c2)C1. The van der Waals surface area contributed by atoms with Gasteiger partial charge in [0, 0.05) is 13.1 Å². The maximum absolute atomic E-state index is 12.7. The average molecular weight is 391 g/mol. The van der Waals surface area contributed by atoms with Crippen LogP contribution in [-0.4, -0.2) is 43.7 Å². The first-order valence-electron chi connectivity index (χ1n) is 8.11. The summed E-state index contributed by atoms with van der Waals surface area (Å²) in [6, 6.07) is 4.55. The van der Waals surface area contributed by atoms with Crippen molar-refractivity contribution in [3.05, 3.63) is 35.4 Å². The van der Waals surface area contributed by atoms with E-state index in [-0.39, 0.29) is 17.9 Å². The molecule has 1 aliphatic heterocycles. The molecule has 0 spiro atoms. The van der Waals surface area contributed by atoms with Crippen molar-refractivity contribution in [3.8, 4) is 0 Å². The molecule has 1 aromatic rings. The number of carbonyl (C=O) groups is 1. The smallest absolute Gasteiger partial charge is 0.273 e. The molecule has 0 aliphatic carbocycles. The summed E-state index contributed by atoms with van der Waals surface area (Å²) in [7, 11) is -3.36. The summed E-state index contributed by atoms with van der Waals surface area (Å²) in [5.41, 5.74) is 1.67. The Kier molecular flexibility index (Phi) is 6.40. The van der Waals surface area contributed by atoms with E-state index in [0.717, 1.165) is 18.3 Å². The van der Waals surface area contributed by atoms with Crippen LogP contribution in [0.1, 0.15) is 30.9 Å². The van der Waals surface area contributed by atoms with Crippen molar-refractivity contribution >= 4 is 22.1 Å². The Labute approximate surface area is 150 Å². The Morgan fingerprint density at radius 1 is 1.42 bits per heavy atom. The molecule has 1 atom stereocenters. The van der Waals surface area contributed by atoms with Gasteiger partial charge in [0.25, 0.3) is 0 Å². The highest BCUT2D eigenvalue weighted by Gasteiger charge is 2.31. The maximum Gasteiger partial charge on any atom is 0.416 e. The fraction of sp³-hybridized carbons (Fsp3) is 0.500. The topological polar surface area (TPSA) is 78.8 Å². The van der Waals surface area contributed by atoms with E-state index in [2.05, 4.69) is 10.5 Å². The zero-order valence-corrected chi connectivity index (χ0v) is 15.0. The molecule has 1 unspecified atom stereocenters. The summed E-state index contributed by atoms with van der Waals surface area (Å²) >= 11 is 0. The predicted octanol–water partition coefficient (Wildman–Crippen LogP) is 2.22. The number of hydrogen-bond donors (Lipinski definition) is 1. The molecule has 10 heteroatoms. The highest BCUT2D eigenvalue weighted by atomic mass is 32.2. The van der Waals surface area contributed by atoms with Crippen molar-refractivity contribution in [3.63, 3.8) is 0 Å². The standard InChI is InChI=1S/C16H20F3N3O3S/c1-2-26(24,25)22-8-4-6-13(11-22)15(23)21-20-10-12-5-3-7-14(9-12)16(17,18)19/h3,5,7,9-10,13H,2,4,6,8,11H2,1H3,(H,21,23)/b20-10+. The van der Waals surface area contributed by atoms with Gasteiger partial charge in [-0.05, 0) is 37.5 Å². The van der Waals surface area contributed by atoms with Crippen LogP contribution in [0.5, 0.6) is 0 Å². The van der Waals surface area contributed by atoms with E-state index in [1.165, 1.54) is 16.4 Å². The number of benzene rings is 1. The van der Waals surface area contributed by atoms with E-state index in [9.17, 15) is 26.4 Å². The van der Waals surface area contributed by atoms with E-state index in [1.54, 1.807) is 6.92 Å². The minimum atomic E-state index is -4.45. The van der Waals surface area contributed by atoms with Gasteiger partial charge in [-0.1, -0.05) is 12.1 Å². The summed E-state index contributed by atoms with van der Waals surface area (Å²) < 4.78 is 63.1. The van der Waals surface area contributed by atoms with Crippen molar-refractivity contribution in [1.82, 2.24) is 9.73 Å². The molecule has 2 rings (SSSR count). The predicted molar refractivity (Wildman–Crippen MR) is 90.9 cm³/mol. The fourth-order valence-electron chi connectivity index (χ4n) is 2.65. The van der Waals surface area contributed by atoms with Crippen LogP contribution in [0.3, 0.4) is 0 Å². The number of carbonyl (C=O) groups excluding carboxylic acids is 1. The van der Waals surface area contributed by atoms with Crippen LogP contribution in [0.2, 0.25) is 0 Å². The van der Waals surface area contributed by atoms with Gasteiger partial charge in [-0.2, -0.15) is 18.3 Å². The molecule has 0 saturated carbocycles. The van der Waals surface area contributed by atoms with Crippen molar-refractivity contribution in [1.29, 1.82) is 0 Å². The van der Waals surface area contributed by atoms with Gasteiger partial charge in [-0.15, -0.1) is 0 Å². The number of amides is 1. The zero-order chi connectivity index (χ0) is 19.4. The maximum atomic E-state index is 12.7. The molecule has 1 fully saturated rings. The molecule has 1 saturated heterocycles. The highest BCUT2D eigenvalue weighted by molar-refractivity contribution is 7.89. The first-order valence-corrected chi connectivity index (χ1v) is 9.72. The summed E-state index contributed by atoms with van der Waals surface area (Å²) in [4.78, 5) is 12.1. The number of rotatable bonds is 5. The lowest BCUT2D eigenvalue weighted by Gasteiger charge is -2.30. The second kappa shape index (κ2) is 8.17. The average Bonchev–Trinajstić information content (AvgIpc) is 2.61. The lowest BCUT2D eigenvalue weighted by molar-refractivity contribution is -0.137. The normalized spacial score (nSPS) is 19.6. The van der Waals surface area contributed by atoms with Crippen LogP contribution in [0.15, 0.2) is 29.4 Å². The molecule has 0 aromatic heterocycles. The molecule has 144 valence electrons. The highest BCUT2D eigenvalue weighted by Crippen LogP contribution is 2.29. The number of nitrogens with one attached hydrogen (secondary N) is 1. The molecule has 6 nitrogen and oxygen atoms in total. The Morgan fingerprint density at radius 2 is 2.15 bits per heavy atom. The molecule has 1 aliphatic rings. The van der Waals surface area contributed by atoms with E-state index in [1.807, 2.05) is 0 Å². The van der Waals surface area contributed by atoms with Crippen molar-refractivity contribution in [2.24, 2.45) is 11.0 Å². The van der Waals surface area contributed by atoms with Crippen molar-refractivity contribution < 1.29 is 26.4 Å². The zero-order valence-electron chi connectivity index (χ0n) is 14.2. The number of alkyl halides is 3. The van der Waals surface area contributed by atoms with Gasteiger partial charge >= 0.3 is 6.18 Å². The summed E-state index contributed by atoms with van der Waals surface area (Å²) in [6.07, 6.45) is -2.24. The van der Waals surface area contributed by atoms with E-state index in [4.69, 9.17) is 0 Å². The van der Waals surface area contributed by atoms with Gasteiger partial charge in [0.15, 0.2) is 0 Å². The summed E-state index contributed by atoms with van der Waals surface area (Å²) in [5, 5.41) is 3.69. The Morgan fingerprint density at radius 3 is 2.81 bits per heavy atom. The fourth-order valence-corrected chi connectivity index (χ4v) is 3.83. The first-order chi connectivity index (χ1) is 12.1. The third-order valence-corrected chi connectivity index (χ3v) is 5.96. The third kappa shape index (κ3) is 5.28. The van der Waals surface area contributed by atoms with Crippen LogP contribution < -0.4 is 5.43 Å². The second-order valence-electron chi connectivity index (χ2n) is 5.96. The largest absolute Gasteiger partial charge is 0.416 e. The van der Waals surface area contributed by atoms with Gasteiger partial charge in [0.2, 0.25) is 15.9 Å². The quantitative estimate of drug-likeness (QED) is 0.618. The molecule has 0 bridgehead atoms. The number of piperidine rings is 1.